The van der Waals surface area contributed by atoms with Gasteiger partial charge in [0.15, 0.2) is 10.9 Å². The van der Waals surface area contributed by atoms with Crippen molar-refractivity contribution in [2.45, 2.75) is 6.92 Å². The standard InChI is InChI=1S/C9H11N3O2S/c1-5(13)7-4-15-9(11-7)12-8(14)6-2-10-3-6/h4,6,10H,2-3H2,1H3,(H,11,12,14). The lowest BCUT2D eigenvalue weighted by atomic mass is 10.0. The van der Waals surface area contributed by atoms with Gasteiger partial charge < -0.3 is 10.6 Å². The molecule has 0 atom stereocenters. The van der Waals surface area contributed by atoms with Crippen LogP contribution in [0.3, 0.4) is 0 Å². The number of ketones is 1. The molecule has 2 rings (SSSR count). The highest BCUT2D eigenvalue weighted by atomic mass is 32.1. The number of nitrogens with one attached hydrogen (secondary N) is 2. The molecule has 1 aromatic rings. The largest absolute Gasteiger partial charge is 0.315 e. The third-order valence-corrected chi connectivity index (χ3v) is 3.01. The van der Waals surface area contributed by atoms with Gasteiger partial charge in [0.25, 0.3) is 0 Å². The third-order valence-electron chi connectivity index (χ3n) is 2.25. The van der Waals surface area contributed by atoms with E-state index in [1.54, 1.807) is 5.38 Å². The molecule has 0 bridgehead atoms. The van der Waals surface area contributed by atoms with E-state index in [2.05, 4.69) is 15.6 Å². The highest BCUT2D eigenvalue weighted by molar-refractivity contribution is 7.14. The highest BCUT2D eigenvalue weighted by Crippen LogP contribution is 2.17. The Morgan fingerprint density at radius 3 is 2.80 bits per heavy atom. The van der Waals surface area contributed by atoms with Gasteiger partial charge in [-0.05, 0) is 0 Å². The first kappa shape index (κ1) is 10.3. The fourth-order valence-electron chi connectivity index (χ4n) is 1.17. The van der Waals surface area contributed by atoms with Crippen LogP contribution in [0, 0.1) is 5.92 Å². The zero-order valence-corrected chi connectivity index (χ0v) is 9.06. The number of amides is 1. The van der Waals surface area contributed by atoms with Gasteiger partial charge in [0.1, 0.15) is 5.69 Å². The summed E-state index contributed by atoms with van der Waals surface area (Å²) in [6, 6.07) is 0. The number of hydrogen-bond donors (Lipinski definition) is 2. The SMILES string of the molecule is CC(=O)c1csc(NC(=O)C2CNC2)n1. The molecule has 1 aliphatic rings. The van der Waals surface area contributed by atoms with Crippen molar-refractivity contribution >= 4 is 28.2 Å². The van der Waals surface area contributed by atoms with Crippen LogP contribution in [0.15, 0.2) is 5.38 Å². The normalized spacial score (nSPS) is 15.8. The zero-order chi connectivity index (χ0) is 10.8. The average molecular weight is 225 g/mol. The molecule has 6 heteroatoms. The number of anilines is 1. The summed E-state index contributed by atoms with van der Waals surface area (Å²) in [5.74, 6) is -0.0788. The van der Waals surface area contributed by atoms with Crippen LogP contribution < -0.4 is 10.6 Å². The van der Waals surface area contributed by atoms with Crippen LogP contribution in [0.5, 0.6) is 0 Å². The van der Waals surface area contributed by atoms with Crippen molar-refractivity contribution in [3.05, 3.63) is 11.1 Å². The van der Waals surface area contributed by atoms with Crippen molar-refractivity contribution in [2.24, 2.45) is 5.92 Å². The molecule has 0 aromatic carbocycles. The minimum atomic E-state index is -0.0861. The van der Waals surface area contributed by atoms with Gasteiger partial charge in [0, 0.05) is 25.4 Å². The Bertz CT molecular complexity index is 398. The Labute approximate surface area is 90.9 Å². The maximum Gasteiger partial charge on any atom is 0.231 e. The summed E-state index contributed by atoms with van der Waals surface area (Å²) in [4.78, 5) is 26.5. The minimum Gasteiger partial charge on any atom is -0.315 e. The predicted octanol–water partition coefficient (Wildman–Crippen LogP) is 0.504. The van der Waals surface area contributed by atoms with E-state index in [9.17, 15) is 9.59 Å². The molecule has 80 valence electrons. The topological polar surface area (TPSA) is 71.1 Å². The summed E-state index contributed by atoms with van der Waals surface area (Å²) in [5.41, 5.74) is 0.405. The van der Waals surface area contributed by atoms with E-state index >= 15 is 0 Å². The zero-order valence-electron chi connectivity index (χ0n) is 8.24. The lowest BCUT2D eigenvalue weighted by Gasteiger charge is -2.25. The van der Waals surface area contributed by atoms with Crippen molar-refractivity contribution in [2.75, 3.05) is 18.4 Å². The summed E-state index contributed by atoms with van der Waals surface area (Å²) in [6.45, 7) is 2.89. The van der Waals surface area contributed by atoms with E-state index in [0.717, 1.165) is 13.1 Å². The number of aromatic nitrogens is 1. The van der Waals surface area contributed by atoms with Gasteiger partial charge in [0.2, 0.25) is 5.91 Å². The summed E-state index contributed by atoms with van der Waals surface area (Å²) in [5, 5.41) is 7.86. The van der Waals surface area contributed by atoms with Crippen molar-refractivity contribution in [3.63, 3.8) is 0 Å². The smallest absolute Gasteiger partial charge is 0.231 e. The maximum atomic E-state index is 11.5. The molecule has 5 nitrogen and oxygen atoms in total. The fourth-order valence-corrected chi connectivity index (χ4v) is 1.93. The number of rotatable bonds is 3. The van der Waals surface area contributed by atoms with Crippen molar-refractivity contribution in [3.8, 4) is 0 Å². The van der Waals surface area contributed by atoms with E-state index in [1.807, 2.05) is 0 Å². The molecule has 0 radical (unpaired) electrons. The molecular weight excluding hydrogens is 214 g/mol. The molecule has 1 fully saturated rings. The van der Waals surface area contributed by atoms with Crippen LogP contribution in [-0.2, 0) is 4.79 Å². The third kappa shape index (κ3) is 2.21. The van der Waals surface area contributed by atoms with Gasteiger partial charge in [-0.15, -0.1) is 11.3 Å². The lowest BCUT2D eigenvalue weighted by molar-refractivity contribution is -0.121. The van der Waals surface area contributed by atoms with Gasteiger partial charge in [-0.2, -0.15) is 0 Å². The monoisotopic (exact) mass is 225 g/mol. The first-order valence-electron chi connectivity index (χ1n) is 4.65. The van der Waals surface area contributed by atoms with Gasteiger partial charge in [0.05, 0.1) is 5.92 Å². The van der Waals surface area contributed by atoms with Crippen LogP contribution in [0.25, 0.3) is 0 Å². The van der Waals surface area contributed by atoms with E-state index in [4.69, 9.17) is 0 Å². The molecule has 1 aromatic heterocycles. The Balaban J connectivity index is 1.97. The molecule has 0 unspecified atom stereocenters. The first-order chi connectivity index (χ1) is 7.16. The second kappa shape index (κ2) is 4.08. The average Bonchev–Trinajstić information content (AvgIpc) is 2.48. The minimum absolute atomic E-state index is 0.0294. The Morgan fingerprint density at radius 1 is 1.60 bits per heavy atom. The molecule has 0 aliphatic carbocycles. The number of carbonyl (C=O) groups excluding carboxylic acids is 2. The second-order valence-electron chi connectivity index (χ2n) is 3.44. The molecule has 1 amide bonds. The number of Topliss-reactive ketones (excluding diaryl/α,β-unsaturated/α-hetero) is 1. The fraction of sp³-hybridized carbons (Fsp3) is 0.444. The van der Waals surface area contributed by atoms with Gasteiger partial charge in [-0.25, -0.2) is 4.98 Å². The molecule has 1 aliphatic heterocycles. The number of thiazole rings is 1. The van der Waals surface area contributed by atoms with Crippen molar-refractivity contribution in [1.29, 1.82) is 0 Å². The summed E-state index contributed by atoms with van der Waals surface area (Å²) < 4.78 is 0. The first-order valence-corrected chi connectivity index (χ1v) is 5.53. The Morgan fingerprint density at radius 2 is 2.33 bits per heavy atom. The Kier molecular flexibility index (Phi) is 2.79. The number of nitrogens with zero attached hydrogens (tertiary/aromatic N) is 1. The summed E-state index contributed by atoms with van der Waals surface area (Å²) >= 11 is 1.27. The summed E-state index contributed by atoms with van der Waals surface area (Å²) in [6.07, 6.45) is 0. The quantitative estimate of drug-likeness (QED) is 0.735. The van der Waals surface area contributed by atoms with Crippen LogP contribution in [-0.4, -0.2) is 29.8 Å². The van der Waals surface area contributed by atoms with Crippen LogP contribution in [0.2, 0.25) is 0 Å². The molecule has 0 spiro atoms. The molecule has 2 N–H and O–H groups in total. The second-order valence-corrected chi connectivity index (χ2v) is 4.30. The Hall–Kier alpha value is -1.27. The van der Waals surface area contributed by atoms with E-state index in [0.29, 0.717) is 10.8 Å². The van der Waals surface area contributed by atoms with E-state index in [-0.39, 0.29) is 17.6 Å². The predicted molar refractivity (Wildman–Crippen MR) is 57.1 cm³/mol. The van der Waals surface area contributed by atoms with Crippen LogP contribution >= 0.6 is 11.3 Å². The number of hydrogen-bond acceptors (Lipinski definition) is 5. The number of carbonyl (C=O) groups is 2. The van der Waals surface area contributed by atoms with Gasteiger partial charge in [-0.3, -0.25) is 9.59 Å². The van der Waals surface area contributed by atoms with E-state index < -0.39 is 0 Å². The van der Waals surface area contributed by atoms with Crippen molar-refractivity contribution < 1.29 is 9.59 Å². The van der Waals surface area contributed by atoms with E-state index in [1.165, 1.54) is 18.3 Å². The van der Waals surface area contributed by atoms with Crippen LogP contribution in [0.1, 0.15) is 17.4 Å². The van der Waals surface area contributed by atoms with Gasteiger partial charge in [-0.1, -0.05) is 0 Å². The molecule has 1 saturated heterocycles. The molecule has 0 saturated carbocycles. The maximum absolute atomic E-state index is 11.5. The molecule has 15 heavy (non-hydrogen) atoms. The van der Waals surface area contributed by atoms with Crippen molar-refractivity contribution in [1.82, 2.24) is 10.3 Å². The van der Waals surface area contributed by atoms with Gasteiger partial charge >= 0.3 is 0 Å². The van der Waals surface area contributed by atoms with Crippen LogP contribution in [0.4, 0.5) is 5.13 Å². The molecular formula is C9H11N3O2S. The molecule has 2 heterocycles. The summed E-state index contributed by atoms with van der Waals surface area (Å²) in [7, 11) is 0. The lowest BCUT2D eigenvalue weighted by Crippen LogP contribution is -2.48. The highest BCUT2D eigenvalue weighted by Gasteiger charge is 2.25.